The van der Waals surface area contributed by atoms with Crippen molar-refractivity contribution in [2.45, 2.75) is 6.18 Å². The molecule has 1 aromatic heterocycles. The van der Waals surface area contributed by atoms with Gasteiger partial charge in [-0.2, -0.15) is 0 Å². The molecule has 1 heterocycles. The minimum atomic E-state index is -4.42. The van der Waals surface area contributed by atoms with Crippen LogP contribution < -0.4 is 8.97 Å². The predicted octanol–water partition coefficient (Wildman–Crippen LogP) is 0.903. The molecule has 1 rings (SSSR count). The maximum atomic E-state index is 12.1. The van der Waals surface area contributed by atoms with E-state index < -0.39 is 11.9 Å². The normalized spacial score (nSPS) is 11.5. The summed E-state index contributed by atoms with van der Waals surface area (Å²) in [7, 11) is 1.29. The van der Waals surface area contributed by atoms with Crippen molar-refractivity contribution in [1.29, 1.82) is 0 Å². The summed E-state index contributed by atoms with van der Waals surface area (Å²) < 4.78 is 41.6. The quantitative estimate of drug-likeness (QED) is 0.603. The van der Waals surface area contributed by atoms with Crippen molar-refractivity contribution in [3.63, 3.8) is 0 Å². The van der Waals surface area contributed by atoms with Crippen molar-refractivity contribution < 1.29 is 17.9 Å². The number of hydrogen-bond donors (Lipinski definition) is 0. The van der Waals surface area contributed by atoms with Crippen molar-refractivity contribution in [1.82, 2.24) is 4.98 Å². The molecule has 0 bridgehead atoms. The first-order valence-electron chi connectivity index (χ1n) is 3.54. The number of methoxy groups -OCH3 is 1. The third-order valence-corrected chi connectivity index (χ3v) is 1.53. The molecule has 0 aliphatic rings. The molecular formula is C7H5F3LiNO. The average molecular weight is 183 g/mol. The predicted molar refractivity (Wildman–Crippen MR) is 41.2 cm³/mol. The van der Waals surface area contributed by atoms with Crippen molar-refractivity contribution in [2.75, 3.05) is 7.11 Å². The first-order chi connectivity index (χ1) is 5.95. The Bertz CT molecular complexity index is 313. The SMILES string of the molecule is [Li][c]1ccc(C(F)(F)F)nc1OC. The number of halogens is 3. The van der Waals surface area contributed by atoms with Crippen LogP contribution in [0.15, 0.2) is 12.1 Å². The zero-order chi connectivity index (χ0) is 10.1. The van der Waals surface area contributed by atoms with E-state index >= 15 is 0 Å². The van der Waals surface area contributed by atoms with Gasteiger partial charge in [0.15, 0.2) is 0 Å². The second-order valence-corrected chi connectivity index (χ2v) is 2.52. The van der Waals surface area contributed by atoms with Crippen molar-refractivity contribution in [3.8, 4) is 5.88 Å². The van der Waals surface area contributed by atoms with Gasteiger partial charge in [-0.3, -0.25) is 0 Å². The summed E-state index contributed by atoms with van der Waals surface area (Å²) in [4.78, 5) is 3.31. The monoisotopic (exact) mass is 183 g/mol. The molecule has 0 spiro atoms. The van der Waals surface area contributed by atoms with E-state index in [1.54, 1.807) is 17.7 Å². The zero-order valence-corrected chi connectivity index (χ0v) is 7.14. The molecule has 0 fully saturated rings. The average Bonchev–Trinajstić information content (AvgIpc) is 2.03. The molecule has 0 atom stereocenters. The van der Waals surface area contributed by atoms with Gasteiger partial charge in [0.2, 0.25) is 0 Å². The summed E-state index contributed by atoms with van der Waals surface area (Å²) in [6, 6.07) is 2.26. The summed E-state index contributed by atoms with van der Waals surface area (Å²) in [5.41, 5.74) is -0.935. The van der Waals surface area contributed by atoms with Gasteiger partial charge in [0.25, 0.3) is 0 Å². The van der Waals surface area contributed by atoms with Crippen molar-refractivity contribution in [3.05, 3.63) is 17.8 Å². The molecule has 0 aromatic carbocycles. The number of nitrogens with zero attached hydrogens (tertiary/aromatic N) is 1. The van der Waals surface area contributed by atoms with Gasteiger partial charge in [0.05, 0.1) is 0 Å². The Labute approximate surface area is 82.3 Å². The number of ether oxygens (including phenoxy) is 1. The standard InChI is InChI=1S/C7H5F3NO.Li/c1-12-6-4-2-3-5(11-6)7(8,9)10;/h2-3H,1H3;. The van der Waals surface area contributed by atoms with Crippen LogP contribution in [0.4, 0.5) is 13.2 Å². The van der Waals surface area contributed by atoms with Crippen LogP contribution in [0.1, 0.15) is 5.69 Å². The van der Waals surface area contributed by atoms with Gasteiger partial charge in [0, 0.05) is 0 Å². The van der Waals surface area contributed by atoms with E-state index in [2.05, 4.69) is 9.72 Å². The summed E-state index contributed by atoms with van der Waals surface area (Å²) in [6.07, 6.45) is -4.42. The number of pyridine rings is 1. The summed E-state index contributed by atoms with van der Waals surface area (Å²) in [6.45, 7) is 0. The van der Waals surface area contributed by atoms with Gasteiger partial charge < -0.3 is 0 Å². The molecule has 2 nitrogen and oxygen atoms in total. The summed E-state index contributed by atoms with van der Waals surface area (Å²) in [5.74, 6) is 0.00910. The molecule has 1 aromatic rings. The molecule has 0 unspecified atom stereocenters. The van der Waals surface area contributed by atoms with Crippen LogP contribution >= 0.6 is 0 Å². The van der Waals surface area contributed by atoms with Crippen LogP contribution in [0.5, 0.6) is 5.88 Å². The van der Waals surface area contributed by atoms with Crippen LogP contribution in [0.3, 0.4) is 0 Å². The molecule has 0 amide bonds. The Morgan fingerprint density at radius 2 is 2.00 bits per heavy atom. The molecule has 0 saturated heterocycles. The molecule has 0 saturated carbocycles. The second-order valence-electron chi connectivity index (χ2n) is 2.52. The zero-order valence-electron chi connectivity index (χ0n) is 7.14. The fourth-order valence-corrected chi connectivity index (χ4v) is 0.875. The van der Waals surface area contributed by atoms with E-state index in [0.29, 0.717) is 4.24 Å². The summed E-state index contributed by atoms with van der Waals surface area (Å²) >= 11 is 1.63. The first kappa shape index (κ1) is 10.4. The molecule has 0 N–H and O–H groups in total. The Hall–Kier alpha value is -0.663. The van der Waals surface area contributed by atoms with Gasteiger partial charge in [-0.15, -0.1) is 0 Å². The van der Waals surface area contributed by atoms with Crippen LogP contribution in [0, 0.1) is 0 Å². The number of rotatable bonds is 1. The van der Waals surface area contributed by atoms with E-state index in [1.165, 1.54) is 13.2 Å². The molecule has 6 heteroatoms. The van der Waals surface area contributed by atoms with Crippen LogP contribution in [0.2, 0.25) is 0 Å². The molecule has 0 aliphatic carbocycles. The van der Waals surface area contributed by atoms with E-state index in [4.69, 9.17) is 0 Å². The first-order valence-corrected chi connectivity index (χ1v) is 3.54. The van der Waals surface area contributed by atoms with Crippen molar-refractivity contribution >= 4 is 22.0 Å². The number of aromatic nitrogens is 1. The van der Waals surface area contributed by atoms with E-state index in [1.807, 2.05) is 0 Å². The molecule has 0 aliphatic heterocycles. The Morgan fingerprint density at radius 1 is 1.38 bits per heavy atom. The maximum absolute atomic E-state index is 12.1. The topological polar surface area (TPSA) is 22.1 Å². The van der Waals surface area contributed by atoms with Gasteiger partial charge in [-0.05, 0) is 0 Å². The second kappa shape index (κ2) is 3.60. The number of hydrogen-bond acceptors (Lipinski definition) is 2. The van der Waals surface area contributed by atoms with E-state index in [-0.39, 0.29) is 5.88 Å². The van der Waals surface area contributed by atoms with Crippen LogP contribution in [0.25, 0.3) is 0 Å². The van der Waals surface area contributed by atoms with Crippen LogP contribution in [-0.4, -0.2) is 29.8 Å². The third kappa shape index (κ3) is 2.39. The Kier molecular flexibility index (Phi) is 2.89. The number of alkyl halides is 3. The molecular weight excluding hydrogens is 178 g/mol. The molecule has 0 radical (unpaired) electrons. The van der Waals surface area contributed by atoms with Gasteiger partial charge in [-0.25, -0.2) is 0 Å². The van der Waals surface area contributed by atoms with Gasteiger partial charge in [0.1, 0.15) is 0 Å². The third-order valence-electron chi connectivity index (χ3n) is 1.53. The van der Waals surface area contributed by atoms with Gasteiger partial charge >= 0.3 is 81.8 Å². The minimum absolute atomic E-state index is 0.00910. The van der Waals surface area contributed by atoms with Crippen molar-refractivity contribution in [2.24, 2.45) is 0 Å². The Morgan fingerprint density at radius 3 is 2.46 bits per heavy atom. The molecule has 13 heavy (non-hydrogen) atoms. The fourth-order valence-electron chi connectivity index (χ4n) is 0.875. The van der Waals surface area contributed by atoms with E-state index in [9.17, 15) is 13.2 Å². The fraction of sp³-hybridized carbons (Fsp3) is 0.286. The van der Waals surface area contributed by atoms with E-state index in [0.717, 1.165) is 6.07 Å². The van der Waals surface area contributed by atoms with Gasteiger partial charge in [-0.1, -0.05) is 0 Å². The van der Waals surface area contributed by atoms with Crippen LogP contribution in [-0.2, 0) is 6.18 Å². The molecule has 66 valence electrons. The summed E-state index contributed by atoms with van der Waals surface area (Å²) in [5, 5.41) is 0. The Balaban J connectivity index is 3.14.